The van der Waals surface area contributed by atoms with Crippen LogP contribution in [0.25, 0.3) is 22.5 Å². The maximum atomic E-state index is 12.4. The van der Waals surface area contributed by atoms with Gasteiger partial charge >= 0.3 is 0 Å². The quantitative estimate of drug-likeness (QED) is 0.297. The Balaban J connectivity index is 1.47. The number of hydrogen-bond acceptors (Lipinski definition) is 4. The van der Waals surface area contributed by atoms with Crippen molar-refractivity contribution in [3.8, 4) is 28.3 Å². The predicted octanol–water partition coefficient (Wildman–Crippen LogP) is 6.49. The molecule has 0 fully saturated rings. The van der Waals surface area contributed by atoms with Crippen LogP contribution in [0.4, 0.5) is 5.69 Å². The summed E-state index contributed by atoms with van der Waals surface area (Å²) < 4.78 is 5.21. The Morgan fingerprint density at radius 1 is 0.970 bits per heavy atom. The van der Waals surface area contributed by atoms with E-state index in [9.17, 15) is 4.79 Å². The van der Waals surface area contributed by atoms with Gasteiger partial charge in [0.25, 0.3) is 0 Å². The second-order valence-electron chi connectivity index (χ2n) is 7.88. The highest BCUT2D eigenvalue weighted by Crippen LogP contribution is 2.33. The minimum Gasteiger partial charge on any atom is -0.497 e. The van der Waals surface area contributed by atoms with Crippen LogP contribution in [0.2, 0.25) is 0 Å². The lowest BCUT2D eigenvalue weighted by Crippen LogP contribution is -2.12. The zero-order valence-corrected chi connectivity index (χ0v) is 19.8. The number of H-pyrrole nitrogens is 1. The number of nitrogens with one attached hydrogen (secondary N) is 2. The summed E-state index contributed by atoms with van der Waals surface area (Å²) in [4.78, 5) is 20.7. The molecule has 0 aliphatic heterocycles. The van der Waals surface area contributed by atoms with Crippen molar-refractivity contribution in [1.29, 1.82) is 0 Å². The van der Waals surface area contributed by atoms with Gasteiger partial charge in [-0.2, -0.15) is 0 Å². The summed E-state index contributed by atoms with van der Waals surface area (Å²) in [5, 5.41) is 3.72. The van der Waals surface area contributed by atoms with Gasteiger partial charge in [0.15, 0.2) is 5.16 Å². The van der Waals surface area contributed by atoms with Crippen LogP contribution in [-0.4, -0.2) is 28.7 Å². The van der Waals surface area contributed by atoms with Crippen LogP contribution >= 0.6 is 11.8 Å². The first-order valence-electron chi connectivity index (χ1n) is 10.8. The molecule has 1 aromatic heterocycles. The maximum Gasteiger partial charge on any atom is 0.225 e. The van der Waals surface area contributed by atoms with Gasteiger partial charge in [-0.05, 0) is 26.0 Å². The summed E-state index contributed by atoms with van der Waals surface area (Å²) in [7, 11) is 1.61. The van der Waals surface area contributed by atoms with Crippen molar-refractivity contribution in [3.05, 3.63) is 83.9 Å². The predicted molar refractivity (Wildman–Crippen MR) is 136 cm³/mol. The number of methoxy groups -OCH3 is 1. The summed E-state index contributed by atoms with van der Waals surface area (Å²) in [5.41, 5.74) is 7.21. The van der Waals surface area contributed by atoms with E-state index in [1.807, 2.05) is 18.2 Å². The maximum absolute atomic E-state index is 12.4. The zero-order valence-electron chi connectivity index (χ0n) is 19.0. The molecule has 33 heavy (non-hydrogen) atoms. The fourth-order valence-corrected chi connectivity index (χ4v) is 4.24. The molecular weight excluding hydrogens is 430 g/mol. The number of nitrogens with zero attached hydrogens (tertiary/aromatic N) is 1. The number of ether oxygens (including phenoxy) is 1. The van der Waals surface area contributed by atoms with Gasteiger partial charge < -0.3 is 15.0 Å². The Morgan fingerprint density at radius 2 is 1.64 bits per heavy atom. The number of amides is 1. The van der Waals surface area contributed by atoms with Crippen LogP contribution in [0.1, 0.15) is 17.5 Å². The third-order valence-corrected chi connectivity index (χ3v) is 6.14. The van der Waals surface area contributed by atoms with Gasteiger partial charge in [-0.25, -0.2) is 4.98 Å². The summed E-state index contributed by atoms with van der Waals surface area (Å²) in [5.74, 6) is 1.29. The molecule has 0 aliphatic rings. The number of benzene rings is 3. The molecule has 1 heterocycles. The Morgan fingerprint density at radius 3 is 2.30 bits per heavy atom. The Bertz CT molecular complexity index is 1170. The summed E-state index contributed by atoms with van der Waals surface area (Å²) in [6, 6.07) is 24.2. The van der Waals surface area contributed by atoms with E-state index in [4.69, 9.17) is 9.72 Å². The van der Waals surface area contributed by atoms with Crippen LogP contribution < -0.4 is 10.1 Å². The molecule has 1 amide bonds. The van der Waals surface area contributed by atoms with E-state index >= 15 is 0 Å². The zero-order chi connectivity index (χ0) is 23.2. The monoisotopic (exact) mass is 457 g/mol. The van der Waals surface area contributed by atoms with Gasteiger partial charge in [0.05, 0.1) is 18.5 Å². The molecule has 0 aliphatic carbocycles. The number of hydrogen-bond donors (Lipinski definition) is 2. The van der Waals surface area contributed by atoms with Gasteiger partial charge in [0.2, 0.25) is 5.91 Å². The lowest BCUT2D eigenvalue weighted by atomic mass is 10.0. The standard InChI is InChI=1S/C27H27N3O2S/c1-18-7-11-20(12-8-18)25-26(21-13-9-19(2)10-14-21)30-27(29-25)33-16-15-24(31)28-22-5-4-6-23(17-22)32-3/h4-14,17H,15-16H2,1-3H3,(H,28,31)(H,29,30). The summed E-state index contributed by atoms with van der Waals surface area (Å²) in [6.07, 6.45) is 0.377. The van der Waals surface area contributed by atoms with Crippen molar-refractivity contribution in [2.75, 3.05) is 18.2 Å². The fraction of sp³-hybridized carbons (Fsp3) is 0.185. The minimum atomic E-state index is -0.0418. The second kappa shape index (κ2) is 10.4. The van der Waals surface area contributed by atoms with Crippen LogP contribution in [0, 0.1) is 13.8 Å². The molecular formula is C27H27N3O2S. The molecule has 0 unspecified atom stereocenters. The molecule has 0 radical (unpaired) electrons. The van der Waals surface area contributed by atoms with Gasteiger partial charge in [-0.3, -0.25) is 4.79 Å². The number of aromatic nitrogens is 2. The number of anilines is 1. The SMILES string of the molecule is COc1cccc(NC(=O)CCSc2nc(-c3ccc(C)cc3)c(-c3ccc(C)cc3)[nH]2)c1. The molecule has 5 nitrogen and oxygen atoms in total. The molecule has 0 saturated heterocycles. The fourth-order valence-electron chi connectivity index (χ4n) is 3.43. The molecule has 3 aromatic carbocycles. The number of aryl methyl sites for hydroxylation is 2. The topological polar surface area (TPSA) is 67.0 Å². The number of imidazole rings is 1. The van der Waals surface area contributed by atoms with Crippen LogP contribution in [0.5, 0.6) is 5.75 Å². The van der Waals surface area contributed by atoms with Crippen molar-refractivity contribution in [1.82, 2.24) is 9.97 Å². The van der Waals surface area contributed by atoms with Gasteiger partial charge in [0, 0.05) is 35.1 Å². The molecule has 4 rings (SSSR count). The highest BCUT2D eigenvalue weighted by molar-refractivity contribution is 7.99. The number of carbonyl (C=O) groups is 1. The van der Waals surface area contributed by atoms with E-state index in [0.29, 0.717) is 17.9 Å². The number of carbonyl (C=O) groups excluding carboxylic acids is 1. The van der Waals surface area contributed by atoms with E-state index in [1.54, 1.807) is 24.9 Å². The van der Waals surface area contributed by atoms with Crippen LogP contribution in [-0.2, 0) is 4.79 Å². The van der Waals surface area contributed by atoms with Crippen LogP contribution in [0.15, 0.2) is 78.0 Å². The van der Waals surface area contributed by atoms with Crippen molar-refractivity contribution in [2.24, 2.45) is 0 Å². The molecule has 0 saturated carbocycles. The lowest BCUT2D eigenvalue weighted by molar-refractivity contribution is -0.115. The Kier molecular flexibility index (Phi) is 7.15. The second-order valence-corrected chi connectivity index (χ2v) is 8.96. The molecule has 168 valence electrons. The van der Waals surface area contributed by atoms with Gasteiger partial charge in [0.1, 0.15) is 5.75 Å². The van der Waals surface area contributed by atoms with Gasteiger partial charge in [-0.1, -0.05) is 77.5 Å². The first kappa shape index (κ1) is 22.7. The van der Waals surface area contributed by atoms with E-state index in [1.165, 1.54) is 11.1 Å². The van der Waals surface area contributed by atoms with E-state index < -0.39 is 0 Å². The first-order chi connectivity index (χ1) is 16.0. The molecule has 4 aromatic rings. The molecule has 0 spiro atoms. The van der Waals surface area contributed by atoms with Crippen LogP contribution in [0.3, 0.4) is 0 Å². The average Bonchev–Trinajstić information content (AvgIpc) is 3.24. The smallest absolute Gasteiger partial charge is 0.225 e. The van der Waals surface area contributed by atoms with E-state index in [2.05, 4.69) is 72.7 Å². The molecule has 0 atom stereocenters. The van der Waals surface area contributed by atoms with Crippen molar-refractivity contribution < 1.29 is 9.53 Å². The number of aromatic amines is 1. The summed E-state index contributed by atoms with van der Waals surface area (Å²) >= 11 is 1.55. The van der Waals surface area contributed by atoms with E-state index in [-0.39, 0.29) is 5.91 Å². The Hall–Kier alpha value is -3.51. The molecule has 6 heteroatoms. The Labute approximate surface area is 198 Å². The van der Waals surface area contributed by atoms with Crippen molar-refractivity contribution in [2.45, 2.75) is 25.4 Å². The first-order valence-corrected chi connectivity index (χ1v) is 11.8. The third-order valence-electron chi connectivity index (χ3n) is 5.27. The normalized spacial score (nSPS) is 10.8. The largest absolute Gasteiger partial charge is 0.497 e. The highest BCUT2D eigenvalue weighted by atomic mass is 32.2. The van der Waals surface area contributed by atoms with Crippen molar-refractivity contribution >= 4 is 23.4 Å². The minimum absolute atomic E-state index is 0.0418. The lowest BCUT2D eigenvalue weighted by Gasteiger charge is -2.06. The molecule has 2 N–H and O–H groups in total. The van der Waals surface area contributed by atoms with E-state index in [0.717, 1.165) is 33.4 Å². The van der Waals surface area contributed by atoms with Crippen molar-refractivity contribution in [3.63, 3.8) is 0 Å². The van der Waals surface area contributed by atoms with Gasteiger partial charge in [-0.15, -0.1) is 0 Å². The summed E-state index contributed by atoms with van der Waals surface area (Å²) in [6.45, 7) is 4.16. The molecule has 0 bridgehead atoms. The third kappa shape index (κ3) is 5.84. The number of thioether (sulfide) groups is 1. The number of rotatable bonds is 8. The average molecular weight is 458 g/mol. The highest BCUT2D eigenvalue weighted by Gasteiger charge is 2.15.